The molecule has 1 N–H and O–H groups in total. The Hall–Kier alpha value is -3.49. The van der Waals surface area contributed by atoms with Crippen LogP contribution in [0.15, 0.2) is 42.5 Å². The van der Waals surface area contributed by atoms with E-state index in [2.05, 4.69) is 5.32 Å². The summed E-state index contributed by atoms with van der Waals surface area (Å²) in [6.07, 6.45) is -1.12. The average Bonchev–Trinajstić information content (AvgIpc) is 2.66. The Labute approximate surface area is 161 Å². The standard InChI is InChI=1S/C19H20FN3O5/c1-12(18(24)21-11-13-4-6-14(20)7-5-13)28-19(25)16-10-15(23(26)27)8-9-17(16)22(2)3/h4-10,12H,11H2,1-3H3,(H,21,24)/t12-/m1/s1. The number of carbonyl (C=O) groups excluding carboxylic acids is 2. The lowest BCUT2D eigenvalue weighted by Crippen LogP contribution is -2.35. The number of hydrogen-bond acceptors (Lipinski definition) is 6. The molecule has 2 rings (SSSR count). The SMILES string of the molecule is C[C@@H](OC(=O)c1cc([N+](=O)[O-])ccc1N(C)C)C(=O)NCc1ccc(F)cc1. The molecule has 0 saturated heterocycles. The molecule has 0 bridgehead atoms. The first-order chi connectivity index (χ1) is 13.2. The highest BCUT2D eigenvalue weighted by molar-refractivity contribution is 5.98. The number of nitrogens with zero attached hydrogens (tertiary/aromatic N) is 2. The number of anilines is 1. The third-order valence-electron chi connectivity index (χ3n) is 3.93. The summed E-state index contributed by atoms with van der Waals surface area (Å²) in [7, 11) is 3.35. The number of rotatable bonds is 7. The van der Waals surface area contributed by atoms with Crippen LogP contribution < -0.4 is 10.2 Å². The highest BCUT2D eigenvalue weighted by Crippen LogP contribution is 2.25. The molecule has 0 spiro atoms. The van der Waals surface area contributed by atoms with Crippen LogP contribution in [0, 0.1) is 15.9 Å². The molecule has 0 heterocycles. The molecule has 0 aromatic heterocycles. The number of benzene rings is 2. The number of ether oxygens (including phenoxy) is 1. The van der Waals surface area contributed by atoms with Crippen LogP contribution in [0.3, 0.4) is 0 Å². The molecule has 2 aromatic rings. The molecule has 1 amide bonds. The highest BCUT2D eigenvalue weighted by Gasteiger charge is 2.23. The number of halogens is 1. The van der Waals surface area contributed by atoms with Gasteiger partial charge < -0.3 is 15.0 Å². The Morgan fingerprint density at radius 3 is 2.43 bits per heavy atom. The van der Waals surface area contributed by atoms with E-state index in [1.165, 1.54) is 43.3 Å². The van der Waals surface area contributed by atoms with Gasteiger partial charge in [-0.1, -0.05) is 12.1 Å². The van der Waals surface area contributed by atoms with Crippen molar-refractivity contribution in [3.63, 3.8) is 0 Å². The van der Waals surface area contributed by atoms with E-state index in [-0.39, 0.29) is 23.6 Å². The summed E-state index contributed by atoms with van der Waals surface area (Å²) < 4.78 is 18.1. The molecule has 8 nitrogen and oxygen atoms in total. The number of nitro groups is 1. The molecule has 2 aromatic carbocycles. The van der Waals surface area contributed by atoms with E-state index in [4.69, 9.17) is 4.74 Å². The van der Waals surface area contributed by atoms with Gasteiger partial charge in [0.1, 0.15) is 5.82 Å². The molecule has 0 fully saturated rings. The average molecular weight is 389 g/mol. The second-order valence-electron chi connectivity index (χ2n) is 6.24. The van der Waals surface area contributed by atoms with Gasteiger partial charge in [0, 0.05) is 32.8 Å². The molecular formula is C19H20FN3O5. The molecule has 148 valence electrons. The lowest BCUT2D eigenvalue weighted by molar-refractivity contribution is -0.384. The monoisotopic (exact) mass is 389 g/mol. The fourth-order valence-electron chi connectivity index (χ4n) is 2.40. The van der Waals surface area contributed by atoms with Gasteiger partial charge in [-0.25, -0.2) is 9.18 Å². The first-order valence-corrected chi connectivity index (χ1v) is 8.38. The largest absolute Gasteiger partial charge is 0.449 e. The zero-order chi connectivity index (χ0) is 20.8. The van der Waals surface area contributed by atoms with E-state index in [1.54, 1.807) is 19.0 Å². The third-order valence-corrected chi connectivity index (χ3v) is 3.93. The molecule has 28 heavy (non-hydrogen) atoms. The van der Waals surface area contributed by atoms with Crippen molar-refractivity contribution >= 4 is 23.3 Å². The van der Waals surface area contributed by atoms with Crippen molar-refractivity contribution in [2.24, 2.45) is 0 Å². The van der Waals surface area contributed by atoms with Gasteiger partial charge in [-0.05, 0) is 30.7 Å². The zero-order valence-corrected chi connectivity index (χ0v) is 15.6. The Morgan fingerprint density at radius 1 is 1.21 bits per heavy atom. The molecule has 0 aliphatic carbocycles. The van der Waals surface area contributed by atoms with Crippen molar-refractivity contribution in [3.05, 3.63) is 69.5 Å². The van der Waals surface area contributed by atoms with Crippen molar-refractivity contribution in [3.8, 4) is 0 Å². The van der Waals surface area contributed by atoms with Crippen molar-refractivity contribution in [2.75, 3.05) is 19.0 Å². The maximum absolute atomic E-state index is 12.9. The van der Waals surface area contributed by atoms with Gasteiger partial charge >= 0.3 is 5.97 Å². The van der Waals surface area contributed by atoms with Crippen molar-refractivity contribution in [1.29, 1.82) is 0 Å². The number of carbonyl (C=O) groups is 2. The number of hydrogen-bond donors (Lipinski definition) is 1. The van der Waals surface area contributed by atoms with Gasteiger partial charge in [0.15, 0.2) is 6.10 Å². The molecule has 0 unspecified atom stereocenters. The minimum absolute atomic E-state index is 0.0163. The number of nitrogens with one attached hydrogen (secondary N) is 1. The van der Waals surface area contributed by atoms with Gasteiger partial charge in [-0.3, -0.25) is 14.9 Å². The topological polar surface area (TPSA) is 102 Å². The summed E-state index contributed by atoms with van der Waals surface area (Å²) in [5.41, 5.74) is 0.833. The Bertz CT molecular complexity index is 884. The minimum atomic E-state index is -1.12. The fourth-order valence-corrected chi connectivity index (χ4v) is 2.40. The van der Waals surface area contributed by atoms with Gasteiger partial charge in [0.2, 0.25) is 0 Å². The molecule has 0 radical (unpaired) electrons. The molecule has 9 heteroatoms. The van der Waals surface area contributed by atoms with Crippen molar-refractivity contribution in [2.45, 2.75) is 19.6 Å². The van der Waals surface area contributed by atoms with Crippen LogP contribution in [0.2, 0.25) is 0 Å². The fraction of sp³-hybridized carbons (Fsp3) is 0.263. The normalized spacial score (nSPS) is 11.4. The molecule has 0 aliphatic rings. The number of esters is 1. The van der Waals surface area contributed by atoms with Crippen LogP contribution in [0.4, 0.5) is 15.8 Å². The number of amides is 1. The summed E-state index contributed by atoms with van der Waals surface area (Å²) in [6.45, 7) is 1.53. The van der Waals surface area contributed by atoms with Gasteiger partial charge in [-0.2, -0.15) is 0 Å². The third kappa shape index (κ3) is 5.26. The quantitative estimate of drug-likeness (QED) is 0.444. The van der Waals surface area contributed by atoms with Crippen LogP contribution in [0.25, 0.3) is 0 Å². The van der Waals surface area contributed by atoms with Crippen LogP contribution in [0.5, 0.6) is 0 Å². The van der Waals surface area contributed by atoms with Crippen LogP contribution >= 0.6 is 0 Å². The van der Waals surface area contributed by atoms with Crippen LogP contribution in [-0.2, 0) is 16.1 Å². The summed E-state index contributed by atoms with van der Waals surface area (Å²) in [6, 6.07) is 9.43. The Balaban J connectivity index is 2.06. The molecule has 0 saturated carbocycles. The van der Waals surface area contributed by atoms with E-state index in [9.17, 15) is 24.1 Å². The van der Waals surface area contributed by atoms with E-state index >= 15 is 0 Å². The van der Waals surface area contributed by atoms with E-state index in [0.29, 0.717) is 11.3 Å². The van der Waals surface area contributed by atoms with Crippen molar-refractivity contribution in [1.82, 2.24) is 5.32 Å². The smallest absolute Gasteiger partial charge is 0.341 e. The van der Waals surface area contributed by atoms with Crippen LogP contribution in [0.1, 0.15) is 22.8 Å². The highest BCUT2D eigenvalue weighted by atomic mass is 19.1. The maximum atomic E-state index is 12.9. The Kier molecular flexibility index (Phi) is 6.64. The molecule has 0 aliphatic heterocycles. The summed E-state index contributed by atoms with van der Waals surface area (Å²) >= 11 is 0. The zero-order valence-electron chi connectivity index (χ0n) is 15.6. The minimum Gasteiger partial charge on any atom is -0.449 e. The van der Waals surface area contributed by atoms with Crippen molar-refractivity contribution < 1.29 is 23.6 Å². The van der Waals surface area contributed by atoms with Gasteiger partial charge in [-0.15, -0.1) is 0 Å². The summed E-state index contributed by atoms with van der Waals surface area (Å²) in [5, 5.41) is 13.6. The van der Waals surface area contributed by atoms with E-state index < -0.39 is 22.9 Å². The lowest BCUT2D eigenvalue weighted by Gasteiger charge is -2.18. The second-order valence-corrected chi connectivity index (χ2v) is 6.24. The van der Waals surface area contributed by atoms with Gasteiger partial charge in [0.05, 0.1) is 16.2 Å². The predicted octanol–water partition coefficient (Wildman–Crippen LogP) is 2.66. The summed E-state index contributed by atoms with van der Waals surface area (Å²) in [5.74, 6) is -1.78. The molecule has 1 atom stereocenters. The molecular weight excluding hydrogens is 369 g/mol. The van der Waals surface area contributed by atoms with Gasteiger partial charge in [0.25, 0.3) is 11.6 Å². The number of nitro benzene ring substituents is 1. The maximum Gasteiger partial charge on any atom is 0.341 e. The Morgan fingerprint density at radius 2 is 1.86 bits per heavy atom. The second kappa shape index (κ2) is 8.94. The van der Waals surface area contributed by atoms with Crippen LogP contribution in [-0.4, -0.2) is 37.0 Å². The van der Waals surface area contributed by atoms with E-state index in [0.717, 1.165) is 6.07 Å². The first kappa shape index (κ1) is 20.8. The van der Waals surface area contributed by atoms with E-state index in [1.807, 2.05) is 0 Å². The predicted molar refractivity (Wildman–Crippen MR) is 101 cm³/mol. The summed E-state index contributed by atoms with van der Waals surface area (Å²) in [4.78, 5) is 36.6. The number of non-ortho nitro benzene ring substituents is 1. The lowest BCUT2D eigenvalue weighted by atomic mass is 10.1. The first-order valence-electron chi connectivity index (χ1n) is 8.38.